The van der Waals surface area contributed by atoms with Crippen molar-refractivity contribution in [2.75, 3.05) is 17.4 Å². The second-order valence-electron chi connectivity index (χ2n) is 9.78. The summed E-state index contributed by atoms with van der Waals surface area (Å²) in [6.45, 7) is 6.63. The van der Waals surface area contributed by atoms with Crippen LogP contribution in [0.15, 0.2) is 65.6 Å². The maximum atomic E-state index is 13.4. The van der Waals surface area contributed by atoms with Crippen molar-refractivity contribution in [1.82, 2.24) is 10.2 Å². The van der Waals surface area contributed by atoms with E-state index in [0.717, 1.165) is 10.9 Å². The molecule has 0 aliphatic carbocycles. The van der Waals surface area contributed by atoms with Crippen LogP contribution in [0.1, 0.15) is 39.2 Å². The molecule has 0 saturated carbocycles. The number of anilines is 1. The minimum atomic E-state index is -3.69. The van der Waals surface area contributed by atoms with Crippen LogP contribution in [0.5, 0.6) is 0 Å². The monoisotopic (exact) mass is 541 g/mol. The first-order valence-corrected chi connectivity index (χ1v) is 14.3. The molecule has 2 amide bonds. The number of nitrogens with one attached hydrogen (secondary N) is 1. The molecule has 1 N–H and O–H groups in total. The van der Waals surface area contributed by atoms with Crippen LogP contribution in [-0.4, -0.2) is 44.3 Å². The molecule has 9 heteroatoms. The first-order valence-electron chi connectivity index (χ1n) is 12.5. The quantitative estimate of drug-likeness (QED) is 0.392. The number of amides is 2. The maximum Gasteiger partial charge on any atom is 0.265 e. The Morgan fingerprint density at radius 3 is 2.43 bits per heavy atom. The van der Waals surface area contributed by atoms with Gasteiger partial charge in [-0.15, -0.1) is 0 Å². The predicted molar refractivity (Wildman–Crippen MR) is 147 cm³/mol. The smallest absolute Gasteiger partial charge is 0.265 e. The van der Waals surface area contributed by atoms with Crippen molar-refractivity contribution in [3.05, 3.63) is 71.2 Å². The average molecular weight is 542 g/mol. The number of rotatable bonds is 10. The van der Waals surface area contributed by atoms with E-state index in [1.807, 2.05) is 38.1 Å². The summed E-state index contributed by atoms with van der Waals surface area (Å²) in [4.78, 5) is 28.1. The van der Waals surface area contributed by atoms with Gasteiger partial charge in [0.2, 0.25) is 11.8 Å². The Kier molecular flexibility index (Phi) is 8.09. The van der Waals surface area contributed by atoms with Gasteiger partial charge in [-0.25, -0.2) is 8.42 Å². The fraction of sp³-hybridized carbons (Fsp3) is 0.357. The van der Waals surface area contributed by atoms with E-state index in [2.05, 4.69) is 5.32 Å². The summed E-state index contributed by atoms with van der Waals surface area (Å²) < 4.78 is 27.9. The summed E-state index contributed by atoms with van der Waals surface area (Å²) in [5.41, 5.74) is 1.45. The Balaban J connectivity index is 1.49. The molecular weight excluding hydrogens is 510 g/mol. The highest BCUT2D eigenvalue weighted by atomic mass is 35.5. The Morgan fingerprint density at radius 2 is 1.73 bits per heavy atom. The highest BCUT2D eigenvalue weighted by molar-refractivity contribution is 7.93. The largest absolute Gasteiger partial charge is 0.354 e. The van der Waals surface area contributed by atoms with Crippen LogP contribution >= 0.6 is 11.6 Å². The molecule has 3 aromatic carbocycles. The third-order valence-corrected chi connectivity index (χ3v) is 8.62. The average Bonchev–Trinajstić information content (AvgIpc) is 3.08. The molecule has 4 rings (SSSR count). The summed E-state index contributed by atoms with van der Waals surface area (Å²) in [7, 11) is -3.69. The highest BCUT2D eigenvalue weighted by Crippen LogP contribution is 2.42. The number of carbonyl (C=O) groups is 2. The molecule has 1 aliphatic rings. The van der Waals surface area contributed by atoms with E-state index in [4.69, 9.17) is 11.6 Å². The van der Waals surface area contributed by atoms with Gasteiger partial charge in [0.1, 0.15) is 6.04 Å². The second kappa shape index (κ2) is 11.1. The number of nitrogens with zero attached hydrogens (tertiary/aromatic N) is 2. The molecule has 0 radical (unpaired) electrons. The number of carbonyl (C=O) groups excluding carboxylic acids is 2. The van der Waals surface area contributed by atoms with Gasteiger partial charge in [0.25, 0.3) is 10.0 Å². The Hall–Kier alpha value is -3.10. The van der Waals surface area contributed by atoms with Crippen molar-refractivity contribution in [3.63, 3.8) is 0 Å². The van der Waals surface area contributed by atoms with Crippen molar-refractivity contribution in [2.45, 2.75) is 51.1 Å². The highest BCUT2D eigenvalue weighted by Gasteiger charge is 2.35. The van der Waals surface area contributed by atoms with Crippen molar-refractivity contribution in [1.29, 1.82) is 0 Å². The van der Waals surface area contributed by atoms with E-state index in [0.29, 0.717) is 34.0 Å². The first kappa shape index (κ1) is 26.9. The molecular formula is C28H32ClN3O4S. The van der Waals surface area contributed by atoms with Crippen LogP contribution in [0.3, 0.4) is 0 Å². The standard InChI is InChI=1S/C28H32ClN3O4S/c1-19(2)17-30-28(34)20(3)31(18-21-8-4-11-23(29)16-21)26(33)14-7-15-32-24-12-5-9-22-10-6-13-25(27(22)24)37(32,35)36/h4-6,8-13,16,19-20H,7,14-15,17-18H2,1-3H3,(H,30,34)/t20-/m0/s1. The molecule has 37 heavy (non-hydrogen) atoms. The number of halogens is 1. The van der Waals surface area contributed by atoms with Crippen LogP contribution in [0.2, 0.25) is 5.02 Å². The number of sulfonamides is 1. The minimum Gasteiger partial charge on any atom is -0.354 e. The fourth-order valence-electron chi connectivity index (χ4n) is 4.58. The summed E-state index contributed by atoms with van der Waals surface area (Å²) in [5.74, 6) is -0.169. The number of hydrogen-bond acceptors (Lipinski definition) is 4. The lowest BCUT2D eigenvalue weighted by molar-refractivity contribution is -0.140. The van der Waals surface area contributed by atoms with Gasteiger partial charge in [0.05, 0.1) is 10.6 Å². The molecule has 1 aliphatic heterocycles. The van der Waals surface area contributed by atoms with Gasteiger partial charge in [0.15, 0.2) is 0 Å². The Morgan fingerprint density at radius 1 is 1.03 bits per heavy atom. The van der Waals surface area contributed by atoms with Gasteiger partial charge in [-0.2, -0.15) is 0 Å². The van der Waals surface area contributed by atoms with Gasteiger partial charge < -0.3 is 10.2 Å². The summed E-state index contributed by atoms with van der Waals surface area (Å²) in [5, 5.41) is 5.04. The van der Waals surface area contributed by atoms with E-state index < -0.39 is 16.1 Å². The number of benzene rings is 3. The van der Waals surface area contributed by atoms with Crippen molar-refractivity contribution in [2.24, 2.45) is 5.92 Å². The van der Waals surface area contributed by atoms with E-state index in [-0.39, 0.29) is 37.2 Å². The van der Waals surface area contributed by atoms with Gasteiger partial charge in [0, 0.05) is 36.5 Å². The van der Waals surface area contributed by atoms with Gasteiger partial charge in [-0.1, -0.05) is 61.8 Å². The zero-order valence-electron chi connectivity index (χ0n) is 21.3. The predicted octanol–water partition coefficient (Wildman–Crippen LogP) is 4.97. The lowest BCUT2D eigenvalue weighted by atomic mass is 10.1. The second-order valence-corrected chi connectivity index (χ2v) is 12.0. The molecule has 1 heterocycles. The zero-order chi connectivity index (χ0) is 26.7. The Labute approximate surface area is 223 Å². The molecule has 3 aromatic rings. The molecule has 1 atom stereocenters. The van der Waals surface area contributed by atoms with E-state index in [1.165, 1.54) is 9.21 Å². The first-order chi connectivity index (χ1) is 17.6. The topological polar surface area (TPSA) is 86.8 Å². The molecule has 0 unspecified atom stereocenters. The molecule has 196 valence electrons. The van der Waals surface area contributed by atoms with E-state index >= 15 is 0 Å². The summed E-state index contributed by atoms with van der Waals surface area (Å²) >= 11 is 6.14. The SMILES string of the molecule is CC(C)CNC(=O)[C@H](C)N(Cc1cccc(Cl)c1)C(=O)CCCN1c2cccc3cccc(c23)S1(=O)=O. The van der Waals surface area contributed by atoms with Crippen LogP contribution < -0.4 is 9.62 Å². The van der Waals surface area contributed by atoms with Crippen LogP contribution in [-0.2, 0) is 26.2 Å². The van der Waals surface area contributed by atoms with Crippen molar-refractivity contribution < 1.29 is 18.0 Å². The maximum absolute atomic E-state index is 13.4. The van der Waals surface area contributed by atoms with Crippen LogP contribution in [0.25, 0.3) is 10.8 Å². The molecule has 7 nitrogen and oxygen atoms in total. The molecule has 0 aromatic heterocycles. The normalized spacial score (nSPS) is 14.7. The van der Waals surface area contributed by atoms with Gasteiger partial charge in [-0.3, -0.25) is 13.9 Å². The molecule has 0 fully saturated rings. The van der Waals surface area contributed by atoms with Crippen molar-refractivity contribution in [3.8, 4) is 0 Å². The van der Waals surface area contributed by atoms with Crippen LogP contribution in [0.4, 0.5) is 5.69 Å². The molecule has 0 bridgehead atoms. The van der Waals surface area contributed by atoms with Crippen molar-refractivity contribution >= 4 is 49.9 Å². The van der Waals surface area contributed by atoms with Crippen LogP contribution in [0, 0.1) is 5.92 Å². The summed E-state index contributed by atoms with van der Waals surface area (Å²) in [6, 6.07) is 17.3. The Bertz CT molecular complexity index is 1420. The van der Waals surface area contributed by atoms with E-state index in [9.17, 15) is 18.0 Å². The lowest BCUT2D eigenvalue weighted by Crippen LogP contribution is -2.48. The van der Waals surface area contributed by atoms with Gasteiger partial charge >= 0.3 is 0 Å². The van der Waals surface area contributed by atoms with Gasteiger partial charge in [-0.05, 0) is 54.5 Å². The lowest BCUT2D eigenvalue weighted by Gasteiger charge is -2.29. The minimum absolute atomic E-state index is 0.0979. The van der Waals surface area contributed by atoms with E-state index in [1.54, 1.807) is 43.3 Å². The molecule has 0 saturated heterocycles. The zero-order valence-corrected chi connectivity index (χ0v) is 22.8. The third-order valence-electron chi connectivity index (χ3n) is 6.53. The summed E-state index contributed by atoms with van der Waals surface area (Å²) in [6.07, 6.45) is 0.412. The molecule has 0 spiro atoms. The third kappa shape index (κ3) is 5.75. The number of hydrogen-bond donors (Lipinski definition) is 1. The fourth-order valence-corrected chi connectivity index (χ4v) is 6.55.